The third kappa shape index (κ3) is 54.8. The maximum absolute atomic E-state index is 13.5. The molecule has 1 N–H and O–H groups in total. The number of phosphoric ester groups is 1. The maximum Gasteiger partial charge on any atom is 0.306 e. The van der Waals surface area contributed by atoms with Gasteiger partial charge in [-0.25, -0.2) is 0 Å². The number of hydrogen-bond acceptors (Lipinski definition) is 7. The van der Waals surface area contributed by atoms with Crippen LogP contribution >= 0.6 is 7.82 Å². The number of unbranched alkanes of at least 4 members (excludes halogenated alkanes) is 37. The monoisotopic (exact) mass is 1050 g/mol. The Balaban J connectivity index is 5.24. The zero-order valence-corrected chi connectivity index (χ0v) is 50.0. The van der Waals surface area contributed by atoms with E-state index < -0.39 is 32.5 Å². The fraction of sp³-hybridized carbons (Fsp3) is 0.873. The molecule has 3 unspecified atom stereocenters. The van der Waals surface area contributed by atoms with E-state index in [0.29, 0.717) is 23.9 Å². The second-order valence-corrected chi connectivity index (χ2v) is 24.0. The number of carbonyl (C=O) groups excluding carboxylic acids is 2. The summed E-state index contributed by atoms with van der Waals surface area (Å²) in [6.07, 6.45) is 64.2. The number of hydrogen-bond donors (Lipinski definition) is 1. The summed E-state index contributed by atoms with van der Waals surface area (Å²) in [6.45, 7) is 6.83. The first-order valence-electron chi connectivity index (χ1n) is 31.3. The number of nitrogens with zero attached hydrogens (tertiary/aromatic N) is 1. The fourth-order valence-electron chi connectivity index (χ4n) is 9.22. The molecule has 3 atom stereocenters. The molecule has 0 heterocycles. The van der Waals surface area contributed by atoms with Gasteiger partial charge in [-0.15, -0.1) is 0 Å². The third-order valence-corrected chi connectivity index (χ3v) is 15.1. The molecule has 430 valence electrons. The van der Waals surface area contributed by atoms with Gasteiger partial charge in [0.2, 0.25) is 5.91 Å². The summed E-state index contributed by atoms with van der Waals surface area (Å²) in [5.41, 5.74) is 0. The number of rotatable bonds is 57. The molecule has 0 rings (SSSR count). The van der Waals surface area contributed by atoms with Crippen molar-refractivity contribution < 1.29 is 37.3 Å². The van der Waals surface area contributed by atoms with Gasteiger partial charge in [0, 0.05) is 12.8 Å². The molecule has 0 aliphatic carbocycles. The predicted molar refractivity (Wildman–Crippen MR) is 312 cm³/mol. The number of quaternary nitrogens is 1. The minimum absolute atomic E-state index is 0.0273. The smallest absolute Gasteiger partial charge is 0.306 e. The largest absolute Gasteiger partial charge is 0.756 e. The Bertz CT molecular complexity index is 1350. The maximum atomic E-state index is 13.5. The molecule has 9 nitrogen and oxygen atoms in total. The van der Waals surface area contributed by atoms with Crippen LogP contribution in [0.4, 0.5) is 0 Å². The van der Waals surface area contributed by atoms with Gasteiger partial charge >= 0.3 is 5.97 Å². The van der Waals surface area contributed by atoms with E-state index >= 15 is 0 Å². The van der Waals surface area contributed by atoms with Crippen molar-refractivity contribution >= 4 is 19.7 Å². The van der Waals surface area contributed by atoms with Crippen molar-refractivity contribution in [3.8, 4) is 0 Å². The molecule has 0 radical (unpaired) electrons. The fourth-order valence-corrected chi connectivity index (χ4v) is 9.95. The highest BCUT2D eigenvalue weighted by atomic mass is 31.2. The first kappa shape index (κ1) is 71.2. The van der Waals surface area contributed by atoms with Crippen LogP contribution in [-0.4, -0.2) is 69.4 Å². The van der Waals surface area contributed by atoms with E-state index in [1.165, 1.54) is 212 Å². The van der Waals surface area contributed by atoms with Crippen LogP contribution in [0.3, 0.4) is 0 Å². The second kappa shape index (κ2) is 53.6. The Morgan fingerprint density at radius 2 is 0.849 bits per heavy atom. The first-order valence-corrected chi connectivity index (χ1v) is 32.8. The summed E-state index contributed by atoms with van der Waals surface area (Å²) in [4.78, 5) is 39.9. The van der Waals surface area contributed by atoms with Crippen molar-refractivity contribution in [3.05, 3.63) is 36.5 Å². The van der Waals surface area contributed by atoms with Gasteiger partial charge in [0.25, 0.3) is 7.82 Å². The lowest BCUT2D eigenvalue weighted by molar-refractivity contribution is -0.870. The van der Waals surface area contributed by atoms with E-state index in [2.05, 4.69) is 44.3 Å². The Morgan fingerprint density at radius 1 is 0.479 bits per heavy atom. The molecule has 0 saturated carbocycles. The van der Waals surface area contributed by atoms with Gasteiger partial charge in [0.15, 0.2) is 0 Å². The first-order chi connectivity index (χ1) is 35.4. The Hall–Kier alpha value is -1.77. The predicted octanol–water partition coefficient (Wildman–Crippen LogP) is 18.5. The minimum Gasteiger partial charge on any atom is -0.756 e. The summed E-state index contributed by atoms with van der Waals surface area (Å²) in [5, 5.41) is 3.02. The van der Waals surface area contributed by atoms with Crippen molar-refractivity contribution in [1.29, 1.82) is 0 Å². The van der Waals surface area contributed by atoms with Crippen LogP contribution in [0, 0.1) is 0 Å². The molecule has 0 spiro atoms. The molecule has 0 saturated heterocycles. The van der Waals surface area contributed by atoms with Gasteiger partial charge in [-0.2, -0.15) is 0 Å². The minimum atomic E-state index is -4.70. The standard InChI is InChI=1S/C63H121N2O7P/c1-7-10-13-16-19-22-25-28-29-30-31-32-33-34-35-38-40-43-46-49-52-55-62(66)64-60(59-71-73(68,69)70-58-57-65(4,5)6)61(54-51-48-45-42-39-36-26-23-20-17-14-11-8-2)72-63(67)56-53-50-47-44-41-37-27-24-21-18-15-12-9-3/h37,41,47,50-51,54,60-61H,7-36,38-40,42-46,48-49,52-53,55-59H2,1-6H3,(H-,64,66,68,69)/b41-37-,50-47+,54-51+. The number of carbonyl (C=O) groups is 2. The summed E-state index contributed by atoms with van der Waals surface area (Å²) in [7, 11) is 1.17. The topological polar surface area (TPSA) is 114 Å². The van der Waals surface area contributed by atoms with E-state index in [1.807, 2.05) is 39.4 Å². The number of allylic oxidation sites excluding steroid dienone is 5. The van der Waals surface area contributed by atoms with Gasteiger partial charge in [-0.05, 0) is 51.0 Å². The Morgan fingerprint density at radius 3 is 1.26 bits per heavy atom. The van der Waals surface area contributed by atoms with Gasteiger partial charge in [-0.1, -0.05) is 276 Å². The van der Waals surface area contributed by atoms with Crippen molar-refractivity contribution in [2.45, 2.75) is 315 Å². The average molecular weight is 1050 g/mol. The molecular weight excluding hydrogens is 928 g/mol. The summed E-state index contributed by atoms with van der Waals surface area (Å²) >= 11 is 0. The lowest BCUT2D eigenvalue weighted by atomic mass is 10.0. The van der Waals surface area contributed by atoms with E-state index in [-0.39, 0.29) is 18.9 Å². The zero-order chi connectivity index (χ0) is 53.6. The molecule has 0 aliphatic rings. The van der Waals surface area contributed by atoms with Gasteiger partial charge in [0.05, 0.1) is 33.8 Å². The number of amides is 1. The van der Waals surface area contributed by atoms with Crippen molar-refractivity contribution in [2.75, 3.05) is 40.9 Å². The number of ether oxygens (including phenoxy) is 1. The SMILES string of the molecule is CCCCCCCC/C=C\C/C=C/CCC(=O)OC(/C=C/CCCCCCCCCCCCC)C(COP(=O)([O-])OCC[N+](C)(C)C)NC(=O)CCCCCCCCCCCCCCCCCCCCCCC. The lowest BCUT2D eigenvalue weighted by Gasteiger charge is -2.30. The summed E-state index contributed by atoms with van der Waals surface area (Å²) in [5.74, 6) is -0.605. The molecule has 73 heavy (non-hydrogen) atoms. The van der Waals surface area contributed by atoms with Crippen LogP contribution in [0.5, 0.6) is 0 Å². The van der Waals surface area contributed by atoms with Crippen molar-refractivity contribution in [1.82, 2.24) is 5.32 Å². The summed E-state index contributed by atoms with van der Waals surface area (Å²) < 4.78 is 30.2. The van der Waals surface area contributed by atoms with Gasteiger partial charge in [0.1, 0.15) is 19.3 Å². The van der Waals surface area contributed by atoms with E-state index in [9.17, 15) is 19.0 Å². The van der Waals surface area contributed by atoms with Crippen LogP contribution < -0.4 is 10.2 Å². The quantitative estimate of drug-likeness (QED) is 0.0212. The molecule has 0 bridgehead atoms. The molecular formula is C63H121N2O7P. The van der Waals surface area contributed by atoms with Crippen molar-refractivity contribution in [3.63, 3.8) is 0 Å². The number of likely N-dealkylation sites (N-methyl/N-ethyl adjacent to an activating group) is 1. The molecule has 0 aromatic rings. The summed E-state index contributed by atoms with van der Waals surface area (Å²) in [6, 6.07) is -0.906. The van der Waals surface area contributed by atoms with E-state index in [4.69, 9.17) is 13.8 Å². The number of phosphoric acid groups is 1. The average Bonchev–Trinajstić information content (AvgIpc) is 3.35. The molecule has 0 aromatic carbocycles. The molecule has 1 amide bonds. The number of nitrogens with one attached hydrogen (secondary N) is 1. The Labute approximate surface area is 453 Å². The van der Waals surface area contributed by atoms with Crippen LogP contribution in [0.25, 0.3) is 0 Å². The molecule has 10 heteroatoms. The van der Waals surface area contributed by atoms with Crippen LogP contribution in [0.1, 0.15) is 303 Å². The second-order valence-electron chi connectivity index (χ2n) is 22.6. The zero-order valence-electron chi connectivity index (χ0n) is 49.1. The van der Waals surface area contributed by atoms with Crippen LogP contribution in [0.15, 0.2) is 36.5 Å². The molecule has 0 aliphatic heterocycles. The number of esters is 1. The normalized spacial score (nSPS) is 13.9. The highest BCUT2D eigenvalue weighted by Gasteiger charge is 2.27. The highest BCUT2D eigenvalue weighted by Crippen LogP contribution is 2.38. The molecule has 0 fully saturated rings. The highest BCUT2D eigenvalue weighted by molar-refractivity contribution is 7.45. The molecule has 0 aromatic heterocycles. The Kier molecular flexibility index (Phi) is 52.3. The lowest BCUT2D eigenvalue weighted by Crippen LogP contribution is -2.47. The van der Waals surface area contributed by atoms with Crippen LogP contribution in [0.2, 0.25) is 0 Å². The van der Waals surface area contributed by atoms with E-state index in [1.54, 1.807) is 0 Å². The third-order valence-electron chi connectivity index (χ3n) is 14.1. The van der Waals surface area contributed by atoms with E-state index in [0.717, 1.165) is 51.4 Å². The van der Waals surface area contributed by atoms with Gasteiger partial charge in [-0.3, -0.25) is 14.2 Å². The van der Waals surface area contributed by atoms with Gasteiger partial charge < -0.3 is 28.5 Å². The van der Waals surface area contributed by atoms with Crippen molar-refractivity contribution in [2.24, 2.45) is 0 Å². The van der Waals surface area contributed by atoms with Crippen LogP contribution in [-0.2, 0) is 27.9 Å².